The zero-order valence-corrected chi connectivity index (χ0v) is 38.1. The molecule has 0 aliphatic carbocycles. The smallest absolute Gasteiger partial charge is 0.0411 e. The molecule has 0 unspecified atom stereocenters. The van der Waals surface area contributed by atoms with Gasteiger partial charge in [-0.25, -0.2) is 0 Å². The predicted octanol–water partition coefficient (Wildman–Crippen LogP) is 18.6. The molecule has 41 heavy (non-hydrogen) atoms. The molecule has 0 aromatic carbocycles. The third-order valence-corrected chi connectivity index (χ3v) is 0. The van der Waals surface area contributed by atoms with Crippen molar-refractivity contribution in [3.63, 3.8) is 0 Å². The Hall–Kier alpha value is 0. The molecule has 0 heterocycles. The van der Waals surface area contributed by atoms with Gasteiger partial charge in [-0.2, -0.15) is 0 Å². The quantitative estimate of drug-likeness (QED) is 0.259. The maximum Gasteiger partial charge on any atom is -0.0411 e. The molecule has 0 saturated carbocycles. The van der Waals surface area contributed by atoms with Crippen LogP contribution < -0.4 is 0 Å². The van der Waals surface area contributed by atoms with Crippen molar-refractivity contribution in [3.8, 4) is 0 Å². The molecule has 0 aliphatic rings. The van der Waals surface area contributed by atoms with Crippen LogP contribution in [0.2, 0.25) is 0 Å². The summed E-state index contributed by atoms with van der Waals surface area (Å²) in [6.45, 7) is 71.8. The summed E-state index contributed by atoms with van der Waals surface area (Å²) in [6, 6.07) is 0. The normalized spacial score (nSPS) is 8.05. The summed E-state index contributed by atoms with van der Waals surface area (Å²) in [4.78, 5) is 0. The van der Waals surface area contributed by atoms with Gasteiger partial charge < -0.3 is 0 Å². The van der Waals surface area contributed by atoms with Gasteiger partial charge in [-0.15, -0.1) is 0 Å². The second-order valence-corrected chi connectivity index (χ2v) is 14.1. The van der Waals surface area contributed by atoms with Gasteiger partial charge in [-0.05, 0) is 21.7 Å². The SMILES string of the molecule is CC.CC.CC.CC.CC.CC.CC(C)(C)C.CC(C)(C)C.CC(C)(C)C.CC(C)(C)C.CCC.CCC.CCC. The van der Waals surface area contributed by atoms with Gasteiger partial charge in [0.1, 0.15) is 0 Å². The Morgan fingerprint density at radius 1 is 0.195 bits per heavy atom. The summed E-state index contributed by atoms with van der Waals surface area (Å²) in [5.41, 5.74) is 2.00. The van der Waals surface area contributed by atoms with E-state index >= 15 is 0 Å². The van der Waals surface area contributed by atoms with E-state index in [1.54, 1.807) is 0 Å². The van der Waals surface area contributed by atoms with Crippen molar-refractivity contribution in [3.05, 3.63) is 0 Å². The molecule has 0 atom stereocenters. The zero-order valence-electron chi connectivity index (χ0n) is 38.1. The van der Waals surface area contributed by atoms with Gasteiger partial charge in [-0.3, -0.25) is 0 Å². The Kier molecular flexibility index (Phi) is 170. The molecule has 0 aliphatic heterocycles. The molecular formula is C41H108. The Morgan fingerprint density at radius 3 is 0.195 bits per heavy atom. The lowest BCUT2D eigenvalue weighted by molar-refractivity contribution is 0.469. The highest BCUT2D eigenvalue weighted by molar-refractivity contribution is 4.48. The van der Waals surface area contributed by atoms with E-state index in [0.29, 0.717) is 21.7 Å². The van der Waals surface area contributed by atoms with Gasteiger partial charge in [0.15, 0.2) is 0 Å². The van der Waals surface area contributed by atoms with E-state index in [9.17, 15) is 0 Å². The topological polar surface area (TPSA) is 0 Å². The average molecular weight is 601 g/mol. The van der Waals surface area contributed by atoms with Crippen LogP contribution in [0.25, 0.3) is 0 Å². The number of rotatable bonds is 0. The molecule has 0 nitrogen and oxygen atoms in total. The minimum absolute atomic E-state index is 0.500. The van der Waals surface area contributed by atoms with Crippen molar-refractivity contribution in [1.29, 1.82) is 0 Å². The second kappa shape index (κ2) is 83.5. The molecule has 0 aromatic rings. The first-order valence-electron chi connectivity index (χ1n) is 18.2. The molecule has 0 aromatic heterocycles. The van der Waals surface area contributed by atoms with Crippen molar-refractivity contribution in [1.82, 2.24) is 0 Å². The van der Waals surface area contributed by atoms with Gasteiger partial charge in [0, 0.05) is 0 Å². The fraction of sp³-hybridized carbons (Fsp3) is 1.00. The molecule has 0 N–H and O–H groups in total. The fourth-order valence-electron chi connectivity index (χ4n) is 0. The van der Waals surface area contributed by atoms with Gasteiger partial charge in [0.05, 0.1) is 0 Å². The van der Waals surface area contributed by atoms with Gasteiger partial charge >= 0.3 is 0 Å². The molecule has 0 saturated heterocycles. The molecule has 0 bridgehead atoms. The predicted molar refractivity (Wildman–Crippen MR) is 216 cm³/mol. The number of hydrogen-bond acceptors (Lipinski definition) is 0. The van der Waals surface area contributed by atoms with E-state index in [1.165, 1.54) is 19.3 Å². The van der Waals surface area contributed by atoms with Gasteiger partial charge in [0.2, 0.25) is 0 Å². The van der Waals surface area contributed by atoms with Crippen LogP contribution >= 0.6 is 0 Å². The summed E-state index contributed by atoms with van der Waals surface area (Å²) in [7, 11) is 0. The highest BCUT2D eigenvalue weighted by atomic mass is 14.0. The van der Waals surface area contributed by atoms with Crippen LogP contribution in [0, 0.1) is 21.7 Å². The summed E-state index contributed by atoms with van der Waals surface area (Å²) in [6.07, 6.45) is 3.75. The van der Waals surface area contributed by atoms with Gasteiger partial charge in [0.25, 0.3) is 0 Å². The third-order valence-electron chi connectivity index (χ3n) is 0. The molecule has 0 fully saturated rings. The van der Waals surface area contributed by atoms with E-state index < -0.39 is 0 Å². The largest absolute Gasteiger partial charge is 0.0683 e. The van der Waals surface area contributed by atoms with E-state index in [2.05, 4.69) is 152 Å². The zero-order chi connectivity index (χ0) is 38.1. The molecule has 0 spiro atoms. The first-order valence-corrected chi connectivity index (χ1v) is 18.2. The van der Waals surface area contributed by atoms with Crippen molar-refractivity contribution in [2.45, 2.75) is 255 Å². The molecular weight excluding hydrogens is 492 g/mol. The Labute approximate surface area is 275 Å². The lowest BCUT2D eigenvalue weighted by Crippen LogP contribution is -1.93. The van der Waals surface area contributed by atoms with Crippen LogP contribution in [0.4, 0.5) is 0 Å². The van der Waals surface area contributed by atoms with Crippen LogP contribution in [0.15, 0.2) is 0 Å². The fourth-order valence-corrected chi connectivity index (χ4v) is 0. The maximum atomic E-state index is 2.19. The lowest BCUT2D eigenvalue weighted by atomic mass is 10.0. The van der Waals surface area contributed by atoms with Crippen molar-refractivity contribution in [2.75, 3.05) is 0 Å². The Morgan fingerprint density at radius 2 is 0.195 bits per heavy atom. The minimum Gasteiger partial charge on any atom is -0.0683 e. The molecule has 0 rings (SSSR count). The van der Waals surface area contributed by atoms with Crippen molar-refractivity contribution < 1.29 is 0 Å². The lowest BCUT2D eigenvalue weighted by Gasteiger charge is -2.05. The first-order chi connectivity index (χ1) is 18.2. The standard InChI is InChI=1S/4C5H12.3C3H8.6C2H6/c4*1-5(2,3)4;3*1-3-2;6*1-2/h4*1-4H3;3*3H2,1-2H3;6*1-2H3. The van der Waals surface area contributed by atoms with Gasteiger partial charge in [-0.1, -0.05) is 255 Å². The van der Waals surface area contributed by atoms with E-state index in [0.717, 1.165) is 0 Å². The van der Waals surface area contributed by atoms with Crippen LogP contribution in [-0.4, -0.2) is 0 Å². The highest BCUT2D eigenvalue weighted by Gasteiger charge is 1.96. The number of hydrogen-bond donors (Lipinski definition) is 0. The molecule has 0 heteroatoms. The van der Waals surface area contributed by atoms with E-state index in [4.69, 9.17) is 0 Å². The second-order valence-electron chi connectivity index (χ2n) is 14.1. The van der Waals surface area contributed by atoms with E-state index in [1.807, 2.05) is 83.1 Å². The molecule has 272 valence electrons. The average Bonchev–Trinajstić information content (AvgIpc) is 2.79. The first kappa shape index (κ1) is 83.7. The summed E-state index contributed by atoms with van der Waals surface area (Å²) < 4.78 is 0. The third kappa shape index (κ3) is 0. The Balaban J connectivity index is -0.0000000192. The van der Waals surface area contributed by atoms with Crippen molar-refractivity contribution >= 4 is 0 Å². The van der Waals surface area contributed by atoms with E-state index in [-0.39, 0.29) is 0 Å². The monoisotopic (exact) mass is 601 g/mol. The van der Waals surface area contributed by atoms with Crippen molar-refractivity contribution in [2.24, 2.45) is 21.7 Å². The van der Waals surface area contributed by atoms with Crippen LogP contribution in [-0.2, 0) is 0 Å². The summed E-state index contributed by atoms with van der Waals surface area (Å²) in [5.74, 6) is 0. The van der Waals surface area contributed by atoms with Crippen LogP contribution in [0.5, 0.6) is 0 Å². The molecule has 0 radical (unpaired) electrons. The minimum atomic E-state index is 0.500. The molecule has 0 amide bonds. The maximum absolute atomic E-state index is 2.19. The summed E-state index contributed by atoms with van der Waals surface area (Å²) in [5, 5.41) is 0. The Bertz CT molecular complexity index is 142. The van der Waals surface area contributed by atoms with Crippen LogP contribution in [0.3, 0.4) is 0 Å². The highest BCUT2D eigenvalue weighted by Crippen LogP contribution is 2.09. The van der Waals surface area contributed by atoms with Crippen LogP contribution in [0.1, 0.15) is 255 Å². The summed E-state index contributed by atoms with van der Waals surface area (Å²) >= 11 is 0.